The Morgan fingerprint density at radius 2 is 1.39 bits per heavy atom. The first-order valence-corrected chi connectivity index (χ1v) is 9.61. The number of nitrogens with zero attached hydrogens (tertiary/aromatic N) is 1. The van der Waals surface area contributed by atoms with Crippen LogP contribution in [-0.2, 0) is 4.43 Å². The predicted octanol–water partition coefficient (Wildman–Crippen LogP) is 3.90. The van der Waals surface area contributed by atoms with Crippen molar-refractivity contribution in [3.63, 3.8) is 0 Å². The van der Waals surface area contributed by atoms with Crippen LogP contribution >= 0.6 is 0 Å². The summed E-state index contributed by atoms with van der Waals surface area (Å²) >= 11 is 0. The summed E-state index contributed by atoms with van der Waals surface area (Å²) in [6, 6.07) is 21.4. The number of likely N-dealkylation sites (tertiary alicyclic amines) is 1. The lowest BCUT2D eigenvalue weighted by molar-refractivity contribution is 0.186. The minimum atomic E-state index is 0.346. The maximum Gasteiger partial charge on any atom is 0.242 e. The minimum Gasteiger partial charge on any atom is -0.415 e. The molecule has 3 rings (SSSR count). The molecule has 2 radical (unpaired) electrons. The molecule has 120 valence electrons. The van der Waals surface area contributed by atoms with E-state index in [0.717, 1.165) is 13.2 Å². The SMILES string of the molecule is c1ccc(C([Si]OCCN2CCCCC2)c2ccccc2)cc1. The Hall–Kier alpha value is -1.42. The van der Waals surface area contributed by atoms with Gasteiger partial charge in [0.15, 0.2) is 0 Å². The van der Waals surface area contributed by atoms with Gasteiger partial charge in [-0.3, -0.25) is 0 Å². The maximum atomic E-state index is 6.09. The van der Waals surface area contributed by atoms with E-state index in [2.05, 4.69) is 65.6 Å². The molecule has 0 bridgehead atoms. The summed E-state index contributed by atoms with van der Waals surface area (Å²) < 4.78 is 6.09. The van der Waals surface area contributed by atoms with Crippen molar-refractivity contribution < 1.29 is 4.43 Å². The molecule has 0 spiro atoms. The van der Waals surface area contributed by atoms with Crippen LogP contribution in [0, 0.1) is 0 Å². The zero-order valence-electron chi connectivity index (χ0n) is 13.7. The van der Waals surface area contributed by atoms with Crippen LogP contribution in [0.5, 0.6) is 0 Å². The van der Waals surface area contributed by atoms with Gasteiger partial charge in [-0.25, -0.2) is 0 Å². The molecule has 0 N–H and O–H groups in total. The van der Waals surface area contributed by atoms with Gasteiger partial charge in [-0.15, -0.1) is 0 Å². The Bertz CT molecular complexity index is 515. The van der Waals surface area contributed by atoms with Crippen molar-refractivity contribution in [1.82, 2.24) is 4.90 Å². The van der Waals surface area contributed by atoms with E-state index in [4.69, 9.17) is 4.43 Å². The summed E-state index contributed by atoms with van der Waals surface area (Å²) in [4.78, 5) is 2.54. The third-order valence-electron chi connectivity index (χ3n) is 4.43. The zero-order valence-corrected chi connectivity index (χ0v) is 14.7. The van der Waals surface area contributed by atoms with Crippen LogP contribution in [-0.4, -0.2) is 40.9 Å². The predicted molar refractivity (Wildman–Crippen MR) is 96.7 cm³/mol. The van der Waals surface area contributed by atoms with Crippen molar-refractivity contribution in [2.24, 2.45) is 0 Å². The second kappa shape index (κ2) is 9.01. The molecule has 1 saturated heterocycles. The summed E-state index contributed by atoms with van der Waals surface area (Å²) in [5.74, 6) is 0. The highest BCUT2D eigenvalue weighted by atomic mass is 28.2. The first-order chi connectivity index (χ1) is 11.4. The van der Waals surface area contributed by atoms with Gasteiger partial charge in [0.2, 0.25) is 9.76 Å². The average molecular weight is 324 g/mol. The van der Waals surface area contributed by atoms with Crippen molar-refractivity contribution in [3.8, 4) is 0 Å². The Morgan fingerprint density at radius 1 is 0.826 bits per heavy atom. The van der Waals surface area contributed by atoms with Crippen LogP contribution in [0.4, 0.5) is 0 Å². The highest BCUT2D eigenvalue weighted by Crippen LogP contribution is 2.23. The summed E-state index contributed by atoms with van der Waals surface area (Å²) in [6.45, 7) is 4.40. The van der Waals surface area contributed by atoms with E-state index < -0.39 is 0 Å². The molecule has 1 aliphatic rings. The minimum absolute atomic E-state index is 0.346. The largest absolute Gasteiger partial charge is 0.415 e. The number of hydrogen-bond donors (Lipinski definition) is 0. The Kier molecular flexibility index (Phi) is 6.44. The van der Waals surface area contributed by atoms with E-state index in [1.165, 1.54) is 43.5 Å². The summed E-state index contributed by atoms with van der Waals surface area (Å²) in [6.07, 6.45) is 4.08. The third-order valence-corrected chi connectivity index (χ3v) is 5.70. The average Bonchev–Trinajstić information content (AvgIpc) is 2.64. The molecule has 1 aliphatic heterocycles. The van der Waals surface area contributed by atoms with Crippen LogP contribution in [0.2, 0.25) is 0 Å². The van der Waals surface area contributed by atoms with Crippen LogP contribution in [0.25, 0.3) is 0 Å². The van der Waals surface area contributed by atoms with Crippen molar-refractivity contribution in [2.75, 3.05) is 26.2 Å². The molecule has 0 aliphatic carbocycles. The zero-order chi connectivity index (χ0) is 15.7. The fraction of sp³-hybridized carbons (Fsp3) is 0.400. The highest BCUT2D eigenvalue weighted by Gasteiger charge is 2.16. The molecule has 2 aromatic rings. The number of rotatable bonds is 7. The first kappa shape index (κ1) is 16.4. The topological polar surface area (TPSA) is 12.5 Å². The van der Waals surface area contributed by atoms with Crippen molar-refractivity contribution in [2.45, 2.75) is 24.8 Å². The quantitative estimate of drug-likeness (QED) is 0.566. The van der Waals surface area contributed by atoms with E-state index in [-0.39, 0.29) is 0 Å². The van der Waals surface area contributed by atoms with Crippen molar-refractivity contribution in [1.29, 1.82) is 0 Å². The van der Waals surface area contributed by atoms with Gasteiger partial charge in [0.25, 0.3) is 0 Å². The molecule has 0 unspecified atom stereocenters. The smallest absolute Gasteiger partial charge is 0.242 e. The van der Waals surface area contributed by atoms with E-state index in [0.29, 0.717) is 15.3 Å². The van der Waals surface area contributed by atoms with Gasteiger partial charge in [0, 0.05) is 18.7 Å². The van der Waals surface area contributed by atoms with Gasteiger partial charge in [0.1, 0.15) is 0 Å². The first-order valence-electron chi connectivity index (χ1n) is 8.63. The molecule has 1 heterocycles. The highest BCUT2D eigenvalue weighted by molar-refractivity contribution is 6.31. The molecule has 0 saturated carbocycles. The lowest BCUT2D eigenvalue weighted by Gasteiger charge is -2.26. The fourth-order valence-corrected chi connectivity index (χ4v) is 4.15. The Balaban J connectivity index is 1.56. The molecule has 2 aromatic carbocycles. The van der Waals surface area contributed by atoms with Crippen molar-refractivity contribution in [3.05, 3.63) is 71.8 Å². The van der Waals surface area contributed by atoms with Crippen LogP contribution in [0.3, 0.4) is 0 Å². The third kappa shape index (κ3) is 5.03. The molecule has 1 fully saturated rings. The second-order valence-corrected chi connectivity index (χ2v) is 7.22. The lowest BCUT2D eigenvalue weighted by atomic mass is 10.0. The second-order valence-electron chi connectivity index (χ2n) is 6.12. The molecule has 0 atom stereocenters. The lowest BCUT2D eigenvalue weighted by Crippen LogP contribution is -2.33. The van der Waals surface area contributed by atoms with E-state index in [1.807, 2.05) is 0 Å². The van der Waals surface area contributed by atoms with E-state index >= 15 is 0 Å². The van der Waals surface area contributed by atoms with Crippen LogP contribution < -0.4 is 0 Å². The van der Waals surface area contributed by atoms with Crippen LogP contribution in [0.1, 0.15) is 35.9 Å². The Morgan fingerprint density at radius 3 is 1.96 bits per heavy atom. The molecule has 0 aromatic heterocycles. The normalized spacial score (nSPS) is 15.9. The van der Waals surface area contributed by atoms with Gasteiger partial charge in [0.05, 0.1) is 0 Å². The van der Waals surface area contributed by atoms with Gasteiger partial charge >= 0.3 is 0 Å². The number of benzene rings is 2. The molecule has 3 heteroatoms. The van der Waals surface area contributed by atoms with Gasteiger partial charge in [-0.2, -0.15) is 0 Å². The molecular formula is C20H25NOSi. The van der Waals surface area contributed by atoms with E-state index in [9.17, 15) is 0 Å². The fourth-order valence-electron chi connectivity index (χ4n) is 3.12. The van der Waals surface area contributed by atoms with Gasteiger partial charge < -0.3 is 9.33 Å². The summed E-state index contributed by atoms with van der Waals surface area (Å²) in [5, 5.41) is 0. The van der Waals surface area contributed by atoms with E-state index in [1.54, 1.807) is 0 Å². The molecule has 0 amide bonds. The number of hydrogen-bond acceptors (Lipinski definition) is 2. The van der Waals surface area contributed by atoms with Gasteiger partial charge in [-0.05, 0) is 37.1 Å². The number of piperidine rings is 1. The maximum absolute atomic E-state index is 6.09. The molecule has 23 heavy (non-hydrogen) atoms. The summed E-state index contributed by atoms with van der Waals surface area (Å²) in [5.41, 5.74) is 3.03. The van der Waals surface area contributed by atoms with Crippen LogP contribution in [0.15, 0.2) is 60.7 Å². The van der Waals surface area contributed by atoms with Crippen molar-refractivity contribution >= 4 is 9.76 Å². The van der Waals surface area contributed by atoms with Gasteiger partial charge in [-0.1, -0.05) is 67.1 Å². The molecule has 2 nitrogen and oxygen atoms in total. The standard InChI is InChI=1S/C20H25NOSi/c1-4-10-18(11-5-1)20(19-12-6-2-7-13-19)23-22-17-16-21-14-8-3-9-15-21/h1-2,4-7,10-13,20H,3,8-9,14-17H2. The Labute approximate surface area is 142 Å². The summed E-state index contributed by atoms with van der Waals surface area (Å²) in [7, 11) is 0.473. The monoisotopic (exact) mass is 323 g/mol. The molecular weight excluding hydrogens is 298 g/mol.